The predicted octanol–water partition coefficient (Wildman–Crippen LogP) is 1.08. The molecule has 114 valence electrons. The molecule has 21 heavy (non-hydrogen) atoms. The fraction of sp³-hybridized carbons (Fsp3) is 0.250. The van der Waals surface area contributed by atoms with Crippen molar-refractivity contribution in [1.29, 1.82) is 0 Å². The SMILES string of the molecule is CNCc1cn[nH]c1S(=O)(=O)Nc1cc(OC)ccc1F. The van der Waals surface area contributed by atoms with E-state index in [9.17, 15) is 12.8 Å². The van der Waals surface area contributed by atoms with Crippen LogP contribution in [0.15, 0.2) is 29.4 Å². The number of rotatable bonds is 6. The van der Waals surface area contributed by atoms with Crippen molar-refractivity contribution in [1.82, 2.24) is 15.5 Å². The number of methoxy groups -OCH3 is 1. The quantitative estimate of drug-likeness (QED) is 0.741. The third-order valence-electron chi connectivity index (χ3n) is 2.73. The first-order chi connectivity index (χ1) is 9.97. The highest BCUT2D eigenvalue weighted by molar-refractivity contribution is 7.92. The average Bonchev–Trinajstić information content (AvgIpc) is 2.91. The van der Waals surface area contributed by atoms with E-state index in [0.717, 1.165) is 6.07 Å². The van der Waals surface area contributed by atoms with Gasteiger partial charge in [0.2, 0.25) is 0 Å². The van der Waals surface area contributed by atoms with Gasteiger partial charge < -0.3 is 10.1 Å². The lowest BCUT2D eigenvalue weighted by Gasteiger charge is -2.10. The molecule has 1 heterocycles. The summed E-state index contributed by atoms with van der Waals surface area (Å²) < 4.78 is 45.4. The Morgan fingerprint density at radius 1 is 1.43 bits per heavy atom. The van der Waals surface area contributed by atoms with Crippen molar-refractivity contribution in [2.75, 3.05) is 18.9 Å². The smallest absolute Gasteiger partial charge is 0.279 e. The highest BCUT2D eigenvalue weighted by Crippen LogP contribution is 2.24. The molecule has 0 amide bonds. The van der Waals surface area contributed by atoms with E-state index in [2.05, 4.69) is 20.2 Å². The van der Waals surface area contributed by atoms with Gasteiger partial charge in [0.05, 0.1) is 19.0 Å². The largest absolute Gasteiger partial charge is 0.497 e. The molecule has 0 spiro atoms. The maximum absolute atomic E-state index is 13.7. The number of aromatic nitrogens is 2. The zero-order chi connectivity index (χ0) is 15.5. The second-order valence-electron chi connectivity index (χ2n) is 4.21. The Labute approximate surface area is 121 Å². The molecule has 0 saturated heterocycles. The van der Waals surface area contributed by atoms with E-state index in [4.69, 9.17) is 4.74 Å². The van der Waals surface area contributed by atoms with Crippen LogP contribution in [0.1, 0.15) is 5.56 Å². The summed E-state index contributed by atoms with van der Waals surface area (Å²) in [5.74, 6) is -0.358. The Bertz CT molecular complexity index is 730. The van der Waals surface area contributed by atoms with Gasteiger partial charge in [-0.15, -0.1) is 0 Å². The van der Waals surface area contributed by atoms with Crippen LogP contribution in [0.4, 0.5) is 10.1 Å². The maximum Gasteiger partial charge on any atom is 0.279 e. The molecule has 0 unspecified atom stereocenters. The summed E-state index contributed by atoms with van der Waals surface area (Å²) in [6.45, 7) is 0.313. The Hall–Kier alpha value is -2.13. The molecule has 2 aromatic rings. The number of ether oxygens (including phenoxy) is 1. The Morgan fingerprint density at radius 3 is 2.86 bits per heavy atom. The Kier molecular flexibility index (Phi) is 4.43. The summed E-state index contributed by atoms with van der Waals surface area (Å²) >= 11 is 0. The van der Waals surface area contributed by atoms with E-state index in [1.807, 2.05) is 0 Å². The monoisotopic (exact) mass is 314 g/mol. The molecule has 2 rings (SSSR count). The van der Waals surface area contributed by atoms with Crippen LogP contribution in [0.3, 0.4) is 0 Å². The van der Waals surface area contributed by atoms with Crippen LogP contribution in [0.25, 0.3) is 0 Å². The molecule has 1 aromatic carbocycles. The standard InChI is InChI=1S/C12H15FN4O3S/c1-14-6-8-7-15-16-12(8)21(18,19)17-11-5-9(20-2)3-4-10(11)13/h3-5,7,14,17H,6H2,1-2H3,(H,15,16). The van der Waals surface area contributed by atoms with Gasteiger partial charge in [-0.2, -0.15) is 13.5 Å². The van der Waals surface area contributed by atoms with Crippen LogP contribution < -0.4 is 14.8 Å². The molecule has 0 fully saturated rings. The van der Waals surface area contributed by atoms with Crippen LogP contribution in [-0.4, -0.2) is 32.8 Å². The van der Waals surface area contributed by atoms with Gasteiger partial charge in [0, 0.05) is 18.2 Å². The summed E-state index contributed by atoms with van der Waals surface area (Å²) in [4.78, 5) is 0. The molecule has 0 bridgehead atoms. The number of nitrogens with one attached hydrogen (secondary N) is 3. The number of sulfonamides is 1. The van der Waals surface area contributed by atoms with Crippen molar-refractivity contribution in [3.8, 4) is 5.75 Å². The molecule has 9 heteroatoms. The topological polar surface area (TPSA) is 96.1 Å². The number of nitrogens with zero attached hydrogens (tertiary/aromatic N) is 1. The molecule has 1 aromatic heterocycles. The van der Waals surface area contributed by atoms with Crippen molar-refractivity contribution < 1.29 is 17.5 Å². The van der Waals surface area contributed by atoms with E-state index >= 15 is 0 Å². The van der Waals surface area contributed by atoms with E-state index in [-0.39, 0.29) is 10.7 Å². The second kappa shape index (κ2) is 6.10. The molecule has 7 nitrogen and oxygen atoms in total. The first-order valence-electron chi connectivity index (χ1n) is 6.01. The molecule has 0 atom stereocenters. The zero-order valence-electron chi connectivity index (χ0n) is 11.5. The molecular weight excluding hydrogens is 299 g/mol. The number of hydrogen-bond donors (Lipinski definition) is 3. The Morgan fingerprint density at radius 2 is 2.19 bits per heavy atom. The highest BCUT2D eigenvalue weighted by atomic mass is 32.2. The van der Waals surface area contributed by atoms with Crippen molar-refractivity contribution in [3.63, 3.8) is 0 Å². The fourth-order valence-electron chi connectivity index (χ4n) is 1.75. The predicted molar refractivity (Wildman–Crippen MR) is 75.1 cm³/mol. The molecule has 0 aliphatic carbocycles. The van der Waals surface area contributed by atoms with Gasteiger partial charge in [-0.1, -0.05) is 0 Å². The van der Waals surface area contributed by atoms with E-state index in [0.29, 0.717) is 17.9 Å². The lowest BCUT2D eigenvalue weighted by Crippen LogP contribution is -2.17. The lowest BCUT2D eigenvalue weighted by atomic mass is 10.3. The molecular formula is C12H15FN4O3S. The maximum atomic E-state index is 13.7. The van der Waals surface area contributed by atoms with Crippen molar-refractivity contribution in [2.45, 2.75) is 11.6 Å². The normalized spacial score (nSPS) is 11.4. The highest BCUT2D eigenvalue weighted by Gasteiger charge is 2.22. The molecule has 0 radical (unpaired) electrons. The van der Waals surface area contributed by atoms with E-state index < -0.39 is 15.8 Å². The van der Waals surface area contributed by atoms with Gasteiger partial charge in [0.15, 0.2) is 5.03 Å². The van der Waals surface area contributed by atoms with Crippen molar-refractivity contribution >= 4 is 15.7 Å². The fourth-order valence-corrected chi connectivity index (χ4v) is 2.94. The first-order valence-corrected chi connectivity index (χ1v) is 7.49. The minimum absolute atomic E-state index is 0.112. The third kappa shape index (κ3) is 3.31. The van der Waals surface area contributed by atoms with Gasteiger partial charge in [-0.3, -0.25) is 9.82 Å². The van der Waals surface area contributed by atoms with Crippen molar-refractivity contribution in [2.24, 2.45) is 0 Å². The summed E-state index contributed by atoms with van der Waals surface area (Å²) in [7, 11) is -0.887. The minimum atomic E-state index is -3.97. The van der Waals surface area contributed by atoms with Gasteiger partial charge in [0.1, 0.15) is 11.6 Å². The summed E-state index contributed by atoms with van der Waals surface area (Å²) in [5.41, 5.74) is 0.257. The summed E-state index contributed by atoms with van der Waals surface area (Å²) in [6, 6.07) is 3.79. The summed E-state index contributed by atoms with van der Waals surface area (Å²) in [5, 5.41) is 8.83. The molecule has 0 aliphatic rings. The van der Waals surface area contributed by atoms with Crippen LogP contribution in [0.5, 0.6) is 5.75 Å². The number of benzene rings is 1. The zero-order valence-corrected chi connectivity index (χ0v) is 12.3. The van der Waals surface area contributed by atoms with Crippen LogP contribution >= 0.6 is 0 Å². The van der Waals surface area contributed by atoms with Gasteiger partial charge in [0.25, 0.3) is 10.0 Å². The number of hydrogen-bond acceptors (Lipinski definition) is 5. The molecule has 0 aliphatic heterocycles. The van der Waals surface area contributed by atoms with Gasteiger partial charge in [-0.25, -0.2) is 4.39 Å². The van der Waals surface area contributed by atoms with Crippen LogP contribution in [0, 0.1) is 5.82 Å². The van der Waals surface area contributed by atoms with Crippen molar-refractivity contribution in [3.05, 3.63) is 35.8 Å². The number of aromatic amines is 1. The van der Waals surface area contributed by atoms with Crippen LogP contribution in [-0.2, 0) is 16.6 Å². The number of anilines is 1. The van der Waals surface area contributed by atoms with E-state index in [1.54, 1.807) is 7.05 Å². The minimum Gasteiger partial charge on any atom is -0.497 e. The second-order valence-corrected chi connectivity index (χ2v) is 5.83. The summed E-state index contributed by atoms with van der Waals surface area (Å²) in [6.07, 6.45) is 1.40. The van der Waals surface area contributed by atoms with E-state index in [1.165, 1.54) is 25.4 Å². The first kappa shape index (κ1) is 15.3. The molecule has 0 saturated carbocycles. The van der Waals surface area contributed by atoms with Gasteiger partial charge in [-0.05, 0) is 19.2 Å². The average molecular weight is 314 g/mol. The Balaban J connectivity index is 2.35. The number of H-pyrrole nitrogens is 1. The van der Waals surface area contributed by atoms with Gasteiger partial charge >= 0.3 is 0 Å². The van der Waals surface area contributed by atoms with Crippen LogP contribution in [0.2, 0.25) is 0 Å². The molecule has 3 N–H and O–H groups in total. The lowest BCUT2D eigenvalue weighted by molar-refractivity contribution is 0.414. The third-order valence-corrected chi connectivity index (χ3v) is 4.11. The number of halogens is 1.